The van der Waals surface area contributed by atoms with E-state index in [1.165, 1.54) is 5.56 Å². The number of fused-ring (bicyclic) bond motifs is 3. The average molecular weight is 378 g/mol. The Morgan fingerprint density at radius 1 is 1.32 bits per heavy atom. The number of rotatable bonds is 3. The second kappa shape index (κ2) is 6.87. The van der Waals surface area contributed by atoms with Gasteiger partial charge in [-0.15, -0.1) is 5.10 Å². The van der Waals surface area contributed by atoms with Crippen molar-refractivity contribution in [3.8, 4) is 11.3 Å². The number of H-pyrrole nitrogens is 1. The molecular formula is C20H22N6O2. The van der Waals surface area contributed by atoms with Crippen molar-refractivity contribution in [2.24, 2.45) is 0 Å². The summed E-state index contributed by atoms with van der Waals surface area (Å²) in [7, 11) is 0. The number of piperidine rings is 1. The van der Waals surface area contributed by atoms with E-state index in [4.69, 9.17) is 4.74 Å². The highest BCUT2D eigenvalue weighted by molar-refractivity contribution is 5.93. The van der Waals surface area contributed by atoms with Gasteiger partial charge in [0.2, 0.25) is 0 Å². The smallest absolute Gasteiger partial charge is 0.271 e. The minimum absolute atomic E-state index is 0.0460. The van der Waals surface area contributed by atoms with Crippen molar-refractivity contribution < 1.29 is 9.53 Å². The fourth-order valence-electron chi connectivity index (χ4n) is 4.03. The van der Waals surface area contributed by atoms with Crippen molar-refractivity contribution in [1.82, 2.24) is 30.1 Å². The van der Waals surface area contributed by atoms with E-state index in [-0.39, 0.29) is 18.1 Å². The largest absolute Gasteiger partial charge is 0.368 e. The first-order valence-electron chi connectivity index (χ1n) is 9.67. The summed E-state index contributed by atoms with van der Waals surface area (Å²) in [5, 5.41) is 15.4. The van der Waals surface area contributed by atoms with Crippen LogP contribution in [0.1, 0.15) is 41.1 Å². The third kappa shape index (κ3) is 2.90. The zero-order chi connectivity index (χ0) is 19.1. The number of hydrogen-bond acceptors (Lipinski definition) is 5. The number of hydrogen-bond donors (Lipinski definition) is 1. The van der Waals surface area contributed by atoms with Gasteiger partial charge >= 0.3 is 0 Å². The van der Waals surface area contributed by atoms with E-state index in [0.717, 1.165) is 29.8 Å². The molecule has 28 heavy (non-hydrogen) atoms. The lowest BCUT2D eigenvalue weighted by Gasteiger charge is -2.40. The lowest BCUT2D eigenvalue weighted by molar-refractivity contribution is -0.0628. The Hall–Kier alpha value is -3.00. The Kier molecular flexibility index (Phi) is 4.20. The number of aromatic nitrogens is 5. The van der Waals surface area contributed by atoms with Crippen molar-refractivity contribution in [1.29, 1.82) is 0 Å². The summed E-state index contributed by atoms with van der Waals surface area (Å²) in [5.41, 5.74) is 4.56. The monoisotopic (exact) mass is 378 g/mol. The van der Waals surface area contributed by atoms with E-state index in [0.29, 0.717) is 25.4 Å². The summed E-state index contributed by atoms with van der Waals surface area (Å²) in [5.74, 6) is -0.0460. The van der Waals surface area contributed by atoms with Gasteiger partial charge in [0, 0.05) is 18.7 Å². The van der Waals surface area contributed by atoms with Crippen LogP contribution in [0.2, 0.25) is 0 Å². The van der Waals surface area contributed by atoms with Gasteiger partial charge in [-0.25, -0.2) is 4.68 Å². The maximum Gasteiger partial charge on any atom is 0.271 e. The van der Waals surface area contributed by atoms with Crippen LogP contribution in [0.5, 0.6) is 0 Å². The van der Waals surface area contributed by atoms with Crippen LogP contribution in [0.4, 0.5) is 0 Å². The van der Waals surface area contributed by atoms with E-state index >= 15 is 0 Å². The molecule has 3 aromatic rings. The predicted octanol–water partition coefficient (Wildman–Crippen LogP) is 2.22. The summed E-state index contributed by atoms with van der Waals surface area (Å²) in [4.78, 5) is 14.8. The van der Waals surface area contributed by atoms with Crippen LogP contribution in [-0.2, 0) is 17.8 Å². The van der Waals surface area contributed by atoms with Crippen molar-refractivity contribution in [2.75, 3.05) is 13.1 Å². The average Bonchev–Trinajstić information content (AvgIpc) is 3.42. The molecule has 5 rings (SSSR count). The van der Waals surface area contributed by atoms with Crippen molar-refractivity contribution in [3.63, 3.8) is 0 Å². The van der Waals surface area contributed by atoms with Crippen molar-refractivity contribution in [2.45, 2.75) is 38.5 Å². The van der Waals surface area contributed by atoms with Crippen LogP contribution in [0.3, 0.4) is 0 Å². The van der Waals surface area contributed by atoms with Crippen LogP contribution < -0.4 is 0 Å². The van der Waals surface area contributed by atoms with Gasteiger partial charge in [0.25, 0.3) is 5.91 Å². The highest BCUT2D eigenvalue weighted by atomic mass is 16.5. The molecule has 0 spiro atoms. The molecule has 2 aliphatic heterocycles. The van der Waals surface area contributed by atoms with E-state index in [1.807, 2.05) is 27.8 Å². The van der Waals surface area contributed by atoms with Crippen LogP contribution in [-0.4, -0.2) is 55.2 Å². The second-order valence-electron chi connectivity index (χ2n) is 7.34. The molecule has 8 heteroatoms. The molecule has 1 saturated heterocycles. The summed E-state index contributed by atoms with van der Waals surface area (Å²) >= 11 is 0. The van der Waals surface area contributed by atoms with Crippen molar-refractivity contribution in [3.05, 3.63) is 53.5 Å². The molecular weight excluding hydrogens is 356 g/mol. The molecule has 144 valence electrons. The Labute approximate surface area is 162 Å². The molecule has 0 radical (unpaired) electrons. The van der Waals surface area contributed by atoms with Gasteiger partial charge in [-0.1, -0.05) is 36.4 Å². The summed E-state index contributed by atoms with van der Waals surface area (Å²) in [6.07, 6.45) is 3.48. The first-order chi connectivity index (χ1) is 13.7. The number of carbonyl (C=O) groups is 1. The number of aryl methyl sites for hydroxylation is 1. The maximum atomic E-state index is 13.0. The second-order valence-corrected chi connectivity index (χ2v) is 7.34. The fraction of sp³-hybridized carbons (Fsp3) is 0.400. The van der Waals surface area contributed by atoms with Gasteiger partial charge in [0.05, 0.1) is 36.3 Å². The van der Waals surface area contributed by atoms with Crippen LogP contribution in [0, 0.1) is 0 Å². The standard InChI is InChI=1S/C20H22N6O2/c1-2-13-3-5-14(6-4-13)16-9-17(23-22-16)20(27)25-8-7-18-19(11-25)28-12-15-10-21-24-26(15)18/h3-6,9-10,18-19H,2,7-8,11-12H2,1H3,(H,22,23)/t18-,19-/m0/s1. The first kappa shape index (κ1) is 17.1. The Bertz CT molecular complexity index is 992. The molecule has 4 heterocycles. The zero-order valence-electron chi connectivity index (χ0n) is 15.7. The minimum atomic E-state index is -0.0594. The molecule has 8 nitrogen and oxygen atoms in total. The van der Waals surface area contributed by atoms with Gasteiger partial charge < -0.3 is 9.64 Å². The van der Waals surface area contributed by atoms with Gasteiger partial charge in [-0.05, 0) is 24.5 Å². The quantitative estimate of drug-likeness (QED) is 0.755. The minimum Gasteiger partial charge on any atom is -0.368 e. The first-order valence-corrected chi connectivity index (χ1v) is 9.67. The van der Waals surface area contributed by atoms with E-state index in [2.05, 4.69) is 39.6 Å². The summed E-state index contributed by atoms with van der Waals surface area (Å²) < 4.78 is 7.91. The lowest BCUT2D eigenvalue weighted by atomic mass is 10.00. The third-order valence-corrected chi connectivity index (χ3v) is 5.69. The number of carbonyl (C=O) groups excluding carboxylic acids is 1. The van der Waals surface area contributed by atoms with E-state index < -0.39 is 0 Å². The maximum absolute atomic E-state index is 13.0. The number of nitrogens with zero attached hydrogens (tertiary/aromatic N) is 5. The number of benzene rings is 1. The molecule has 0 saturated carbocycles. The molecule has 0 aliphatic carbocycles. The van der Waals surface area contributed by atoms with Gasteiger partial charge in [-0.2, -0.15) is 5.10 Å². The highest BCUT2D eigenvalue weighted by Gasteiger charge is 2.38. The Morgan fingerprint density at radius 2 is 2.18 bits per heavy atom. The Balaban J connectivity index is 1.30. The normalized spacial score (nSPS) is 21.2. The number of likely N-dealkylation sites (tertiary alicyclic amines) is 1. The van der Waals surface area contributed by atoms with Crippen LogP contribution in [0.15, 0.2) is 36.5 Å². The van der Waals surface area contributed by atoms with Gasteiger partial charge in [0.1, 0.15) is 5.69 Å². The van der Waals surface area contributed by atoms with Gasteiger partial charge in [0.15, 0.2) is 0 Å². The predicted molar refractivity (Wildman–Crippen MR) is 102 cm³/mol. The molecule has 2 aromatic heterocycles. The third-order valence-electron chi connectivity index (χ3n) is 5.69. The Morgan fingerprint density at radius 3 is 3.00 bits per heavy atom. The molecule has 1 fully saturated rings. The van der Waals surface area contributed by atoms with E-state index in [9.17, 15) is 4.79 Å². The molecule has 0 bridgehead atoms. The van der Waals surface area contributed by atoms with Crippen molar-refractivity contribution >= 4 is 5.91 Å². The number of aromatic amines is 1. The van der Waals surface area contributed by atoms with Crippen LogP contribution >= 0.6 is 0 Å². The fourth-order valence-corrected chi connectivity index (χ4v) is 4.03. The molecule has 2 atom stereocenters. The molecule has 1 amide bonds. The summed E-state index contributed by atoms with van der Waals surface area (Å²) in [6, 6.07) is 10.2. The van der Waals surface area contributed by atoms with Gasteiger partial charge in [-0.3, -0.25) is 9.89 Å². The molecule has 2 aliphatic rings. The summed E-state index contributed by atoms with van der Waals surface area (Å²) in [6.45, 7) is 3.81. The molecule has 1 aromatic carbocycles. The number of nitrogens with one attached hydrogen (secondary N) is 1. The number of ether oxygens (including phenoxy) is 1. The topological polar surface area (TPSA) is 88.9 Å². The zero-order valence-corrected chi connectivity index (χ0v) is 15.7. The SMILES string of the molecule is CCc1ccc(-c2cc(C(=O)N3CC[C@H]4[C@H](C3)OCc3cnnn34)[nH]n2)cc1. The number of amides is 1. The van der Waals surface area contributed by atoms with Crippen LogP contribution in [0.25, 0.3) is 11.3 Å². The lowest BCUT2D eigenvalue weighted by Crippen LogP contribution is -2.50. The molecule has 1 N–H and O–H groups in total. The van der Waals surface area contributed by atoms with E-state index in [1.54, 1.807) is 6.20 Å². The molecule has 0 unspecified atom stereocenters. The highest BCUT2D eigenvalue weighted by Crippen LogP contribution is 2.31.